The van der Waals surface area contributed by atoms with E-state index in [1.54, 1.807) is 12.1 Å². The van der Waals surface area contributed by atoms with Crippen LogP contribution in [0.5, 0.6) is 17.2 Å². The number of rotatable bonds is 7. The third kappa shape index (κ3) is 4.61. The smallest absolute Gasteiger partial charge is 0.373 e. The van der Waals surface area contributed by atoms with Crippen LogP contribution in [0.2, 0.25) is 0 Å². The molecule has 0 N–H and O–H groups in total. The monoisotopic (exact) mass is 366 g/mol. The highest BCUT2D eigenvalue weighted by Crippen LogP contribution is 2.39. The Morgan fingerprint density at radius 1 is 1.04 bits per heavy atom. The summed E-state index contributed by atoms with van der Waals surface area (Å²) >= 11 is 0. The predicted molar refractivity (Wildman–Crippen MR) is 97.7 cm³/mol. The van der Waals surface area contributed by atoms with E-state index in [1.807, 2.05) is 0 Å². The van der Waals surface area contributed by atoms with E-state index in [0.29, 0.717) is 35.0 Å². The standard InChI is InChI=1S/C20H30O6/c1-12(2)15-8-7-13(3)9-16(15)25-26-20(21)14-10-17(22-4)19(24-6)18(11-14)23-5/h10-13,15-16H,7-9H2,1-6H3. The van der Waals surface area contributed by atoms with E-state index in [-0.39, 0.29) is 11.7 Å². The SMILES string of the molecule is COc1cc(C(=O)OOC2CC(C)CCC2C(C)C)cc(OC)c1OC. The van der Waals surface area contributed by atoms with Gasteiger partial charge >= 0.3 is 5.97 Å². The normalized spacial score (nSPS) is 22.8. The van der Waals surface area contributed by atoms with Gasteiger partial charge in [-0.25, -0.2) is 4.79 Å². The summed E-state index contributed by atoms with van der Waals surface area (Å²) in [5, 5.41) is 0. The molecule has 2 rings (SSSR count). The minimum atomic E-state index is -0.579. The molecule has 1 fully saturated rings. The minimum Gasteiger partial charge on any atom is -0.493 e. The Kier molecular flexibility index (Phi) is 7.14. The topological polar surface area (TPSA) is 63.2 Å². The van der Waals surface area contributed by atoms with Gasteiger partial charge in [-0.05, 0) is 42.7 Å². The largest absolute Gasteiger partial charge is 0.493 e. The lowest BCUT2D eigenvalue weighted by Gasteiger charge is -2.35. The van der Waals surface area contributed by atoms with Crippen molar-refractivity contribution in [2.45, 2.75) is 46.1 Å². The first kappa shape index (κ1) is 20.4. The van der Waals surface area contributed by atoms with E-state index in [2.05, 4.69) is 20.8 Å². The summed E-state index contributed by atoms with van der Waals surface area (Å²) < 4.78 is 15.8. The molecule has 0 amide bonds. The van der Waals surface area contributed by atoms with Crippen molar-refractivity contribution in [1.82, 2.24) is 0 Å². The van der Waals surface area contributed by atoms with Crippen LogP contribution in [-0.4, -0.2) is 33.4 Å². The molecule has 26 heavy (non-hydrogen) atoms. The number of hydrogen-bond acceptors (Lipinski definition) is 6. The summed E-state index contributed by atoms with van der Waals surface area (Å²) in [5.41, 5.74) is 0.282. The third-order valence-electron chi connectivity index (χ3n) is 5.11. The van der Waals surface area contributed by atoms with Crippen LogP contribution in [0.25, 0.3) is 0 Å². The molecule has 3 atom stereocenters. The zero-order chi connectivity index (χ0) is 19.3. The van der Waals surface area contributed by atoms with Gasteiger partial charge in [-0.3, -0.25) is 4.89 Å². The molecule has 1 aliphatic carbocycles. The molecule has 0 radical (unpaired) electrons. The molecule has 0 aliphatic heterocycles. The van der Waals surface area contributed by atoms with Gasteiger partial charge in [-0.15, -0.1) is 0 Å². The second-order valence-electron chi connectivity index (χ2n) is 7.25. The number of benzene rings is 1. The van der Waals surface area contributed by atoms with Crippen molar-refractivity contribution in [3.05, 3.63) is 17.7 Å². The average Bonchev–Trinajstić information content (AvgIpc) is 2.64. The lowest BCUT2D eigenvalue weighted by Crippen LogP contribution is -2.34. The van der Waals surface area contributed by atoms with E-state index in [9.17, 15) is 4.79 Å². The van der Waals surface area contributed by atoms with Gasteiger partial charge in [0.2, 0.25) is 5.75 Å². The molecule has 146 valence electrons. The number of carbonyl (C=O) groups excluding carboxylic acids is 1. The van der Waals surface area contributed by atoms with Crippen LogP contribution < -0.4 is 14.2 Å². The molecular formula is C20H30O6. The molecule has 6 heteroatoms. The van der Waals surface area contributed by atoms with E-state index >= 15 is 0 Å². The lowest BCUT2D eigenvalue weighted by molar-refractivity contribution is -0.296. The summed E-state index contributed by atoms with van der Waals surface area (Å²) in [6.07, 6.45) is 3.09. The molecule has 1 aliphatic rings. The van der Waals surface area contributed by atoms with E-state index in [0.717, 1.165) is 12.8 Å². The maximum Gasteiger partial charge on any atom is 0.373 e. The molecule has 1 aromatic carbocycles. The molecule has 0 aromatic heterocycles. The summed E-state index contributed by atoms with van der Waals surface area (Å²) in [7, 11) is 4.51. The number of hydrogen-bond donors (Lipinski definition) is 0. The zero-order valence-corrected chi connectivity index (χ0v) is 16.5. The van der Waals surface area contributed by atoms with Gasteiger partial charge in [0.15, 0.2) is 11.5 Å². The number of ether oxygens (including phenoxy) is 3. The Hall–Kier alpha value is -1.95. The molecule has 0 heterocycles. The first-order valence-electron chi connectivity index (χ1n) is 9.08. The van der Waals surface area contributed by atoms with Crippen LogP contribution in [-0.2, 0) is 9.78 Å². The maximum atomic E-state index is 12.5. The Bertz CT molecular complexity index is 587. The Morgan fingerprint density at radius 3 is 2.15 bits per heavy atom. The molecule has 0 bridgehead atoms. The van der Waals surface area contributed by atoms with Crippen LogP contribution in [0.4, 0.5) is 0 Å². The van der Waals surface area contributed by atoms with E-state index in [1.165, 1.54) is 27.8 Å². The number of carbonyl (C=O) groups is 1. The van der Waals surface area contributed by atoms with Crippen molar-refractivity contribution in [2.75, 3.05) is 21.3 Å². The van der Waals surface area contributed by atoms with E-state index in [4.69, 9.17) is 24.0 Å². The van der Waals surface area contributed by atoms with Crippen LogP contribution in [0.1, 0.15) is 50.4 Å². The van der Waals surface area contributed by atoms with Crippen LogP contribution in [0.3, 0.4) is 0 Å². The number of methoxy groups -OCH3 is 3. The highest BCUT2D eigenvalue weighted by Gasteiger charge is 2.33. The highest BCUT2D eigenvalue weighted by atomic mass is 17.2. The first-order chi connectivity index (χ1) is 12.4. The van der Waals surface area contributed by atoms with Gasteiger partial charge in [-0.1, -0.05) is 27.2 Å². The molecule has 6 nitrogen and oxygen atoms in total. The Balaban J connectivity index is 2.11. The fourth-order valence-electron chi connectivity index (χ4n) is 3.58. The van der Waals surface area contributed by atoms with Gasteiger partial charge < -0.3 is 14.2 Å². The molecule has 1 aromatic rings. The van der Waals surface area contributed by atoms with Crippen LogP contribution >= 0.6 is 0 Å². The summed E-state index contributed by atoms with van der Waals surface area (Å²) in [6.45, 7) is 6.56. The van der Waals surface area contributed by atoms with Gasteiger partial charge in [-0.2, -0.15) is 4.89 Å². The van der Waals surface area contributed by atoms with Crippen molar-refractivity contribution in [3.8, 4) is 17.2 Å². The maximum absolute atomic E-state index is 12.5. The van der Waals surface area contributed by atoms with Crippen molar-refractivity contribution in [1.29, 1.82) is 0 Å². The van der Waals surface area contributed by atoms with Crippen molar-refractivity contribution < 1.29 is 28.8 Å². The Labute approximate surface area is 155 Å². The fraction of sp³-hybridized carbons (Fsp3) is 0.650. The van der Waals surface area contributed by atoms with E-state index < -0.39 is 5.97 Å². The van der Waals surface area contributed by atoms with Crippen molar-refractivity contribution in [2.24, 2.45) is 17.8 Å². The lowest BCUT2D eigenvalue weighted by atomic mass is 9.75. The molecular weight excluding hydrogens is 336 g/mol. The summed E-state index contributed by atoms with van der Waals surface area (Å²) in [4.78, 5) is 23.2. The minimum absolute atomic E-state index is 0.0789. The summed E-state index contributed by atoms with van der Waals surface area (Å²) in [5.74, 6) is 2.06. The van der Waals surface area contributed by atoms with Gasteiger partial charge in [0.25, 0.3) is 0 Å². The van der Waals surface area contributed by atoms with Crippen LogP contribution in [0.15, 0.2) is 12.1 Å². The molecule has 1 saturated carbocycles. The van der Waals surface area contributed by atoms with Crippen LogP contribution in [0, 0.1) is 17.8 Å². The fourth-order valence-corrected chi connectivity index (χ4v) is 3.58. The molecule has 0 spiro atoms. The average molecular weight is 366 g/mol. The zero-order valence-electron chi connectivity index (χ0n) is 16.5. The third-order valence-corrected chi connectivity index (χ3v) is 5.11. The predicted octanol–water partition coefficient (Wildman–Crippen LogP) is 4.26. The highest BCUT2D eigenvalue weighted by molar-refractivity contribution is 5.90. The summed E-state index contributed by atoms with van der Waals surface area (Å²) in [6, 6.07) is 3.10. The second kappa shape index (κ2) is 9.12. The molecule has 3 unspecified atom stereocenters. The van der Waals surface area contributed by atoms with Gasteiger partial charge in [0.1, 0.15) is 6.10 Å². The van der Waals surface area contributed by atoms with Crippen molar-refractivity contribution in [3.63, 3.8) is 0 Å². The van der Waals surface area contributed by atoms with Gasteiger partial charge in [0, 0.05) is 0 Å². The Morgan fingerprint density at radius 2 is 1.65 bits per heavy atom. The first-order valence-corrected chi connectivity index (χ1v) is 9.08. The second-order valence-corrected chi connectivity index (χ2v) is 7.25. The quantitative estimate of drug-likeness (QED) is 0.531. The van der Waals surface area contributed by atoms with Gasteiger partial charge in [0.05, 0.1) is 26.9 Å². The molecule has 0 saturated heterocycles. The van der Waals surface area contributed by atoms with Crippen molar-refractivity contribution >= 4 is 5.97 Å².